The summed E-state index contributed by atoms with van der Waals surface area (Å²) in [6.07, 6.45) is 0.189. The van der Waals surface area contributed by atoms with Crippen LogP contribution in [0.25, 0.3) is 0 Å². The molecule has 1 rings (SSSR count). The van der Waals surface area contributed by atoms with E-state index in [-0.39, 0.29) is 32.5 Å². The van der Waals surface area contributed by atoms with Crippen molar-refractivity contribution in [1.29, 1.82) is 0 Å². The van der Waals surface area contributed by atoms with E-state index < -0.39 is 34.6 Å². The molecule has 1 aliphatic rings. The molecule has 0 unspecified atom stereocenters. The summed E-state index contributed by atoms with van der Waals surface area (Å²) in [5.74, 6) is -2.29. The number of esters is 1. The molecule has 8 heteroatoms. The van der Waals surface area contributed by atoms with Gasteiger partial charge in [-0.25, -0.2) is 4.79 Å². The topological polar surface area (TPSA) is 99.2 Å². The van der Waals surface area contributed by atoms with Crippen LogP contribution in [0.3, 0.4) is 0 Å². The van der Waals surface area contributed by atoms with E-state index in [1.54, 1.807) is 27.7 Å². The number of carbonyl (C=O) groups excluding carboxylic acids is 4. The number of ether oxygens (including phenoxy) is 2. The number of hydrogen-bond acceptors (Lipinski definition) is 7. The Kier molecular flexibility index (Phi) is 6.48. The fourth-order valence-corrected chi connectivity index (χ4v) is 2.53. The first-order valence-electron chi connectivity index (χ1n) is 7.75. The van der Waals surface area contributed by atoms with Crippen molar-refractivity contribution in [3.8, 4) is 0 Å². The molecule has 0 aromatic carbocycles. The Bertz CT molecular complexity index is 509. The maximum absolute atomic E-state index is 12.3. The first-order valence-corrected chi connectivity index (χ1v) is 7.75. The summed E-state index contributed by atoms with van der Waals surface area (Å²) >= 11 is 0. The zero-order valence-corrected chi connectivity index (χ0v) is 14.8. The summed E-state index contributed by atoms with van der Waals surface area (Å²) in [6.45, 7) is 6.90. The van der Waals surface area contributed by atoms with Crippen LogP contribution in [0.15, 0.2) is 0 Å². The maximum Gasteiger partial charge on any atom is 0.338 e. The molecule has 0 atom stereocenters. The van der Waals surface area contributed by atoms with Gasteiger partial charge in [-0.1, -0.05) is 0 Å². The van der Waals surface area contributed by atoms with Gasteiger partial charge < -0.3 is 14.3 Å². The molecule has 136 valence electrons. The van der Waals surface area contributed by atoms with Gasteiger partial charge in [0.05, 0.1) is 17.4 Å². The van der Waals surface area contributed by atoms with Gasteiger partial charge in [-0.15, -0.1) is 5.06 Å². The van der Waals surface area contributed by atoms with Crippen molar-refractivity contribution in [2.24, 2.45) is 10.8 Å². The molecule has 1 aliphatic heterocycles. The molecule has 24 heavy (non-hydrogen) atoms. The number of nitrogens with zero attached hydrogens (tertiary/aromatic N) is 1. The summed E-state index contributed by atoms with van der Waals surface area (Å²) in [5.41, 5.74) is -2.04. The lowest BCUT2D eigenvalue weighted by molar-refractivity contribution is -0.205. The summed E-state index contributed by atoms with van der Waals surface area (Å²) in [6, 6.07) is 0. The lowest BCUT2D eigenvalue weighted by Crippen LogP contribution is -2.41. The van der Waals surface area contributed by atoms with Crippen LogP contribution in [-0.2, 0) is 33.5 Å². The largest absolute Gasteiger partial charge is 0.463 e. The molecule has 0 aliphatic carbocycles. The van der Waals surface area contributed by atoms with Crippen LogP contribution < -0.4 is 0 Å². The minimum absolute atomic E-state index is 0.0316. The molecule has 1 heterocycles. The molecule has 1 fully saturated rings. The predicted molar refractivity (Wildman–Crippen MR) is 82.2 cm³/mol. The Morgan fingerprint density at radius 2 is 1.46 bits per heavy atom. The SMILES string of the molecule is COCCOC(=O)C(C)(C)CC(C)(C)C(=O)ON1C(=O)CCC1=O. The van der Waals surface area contributed by atoms with Crippen LogP contribution in [-0.4, -0.2) is 49.1 Å². The maximum atomic E-state index is 12.3. The summed E-state index contributed by atoms with van der Waals surface area (Å²) in [7, 11) is 1.50. The van der Waals surface area contributed by atoms with E-state index >= 15 is 0 Å². The van der Waals surface area contributed by atoms with Gasteiger partial charge in [0.25, 0.3) is 11.8 Å². The van der Waals surface area contributed by atoms with E-state index in [9.17, 15) is 19.2 Å². The zero-order chi connectivity index (χ0) is 18.5. The van der Waals surface area contributed by atoms with Crippen molar-refractivity contribution in [3.63, 3.8) is 0 Å². The molecule has 0 spiro atoms. The Morgan fingerprint density at radius 3 is 1.96 bits per heavy atom. The molecule has 2 amide bonds. The van der Waals surface area contributed by atoms with E-state index in [4.69, 9.17) is 14.3 Å². The standard InChI is InChI=1S/C16H25NO7/c1-15(2,13(20)23-9-8-22-5)10-16(3,4)14(21)24-17-11(18)6-7-12(17)19/h6-10H2,1-5H3. The van der Waals surface area contributed by atoms with Crippen molar-refractivity contribution in [3.05, 3.63) is 0 Å². The van der Waals surface area contributed by atoms with Crippen molar-refractivity contribution < 1.29 is 33.5 Å². The van der Waals surface area contributed by atoms with Gasteiger partial charge in [0.2, 0.25) is 0 Å². The highest BCUT2D eigenvalue weighted by molar-refractivity contribution is 6.01. The van der Waals surface area contributed by atoms with Crippen LogP contribution >= 0.6 is 0 Å². The van der Waals surface area contributed by atoms with Gasteiger partial charge in [-0.3, -0.25) is 14.4 Å². The smallest absolute Gasteiger partial charge is 0.338 e. The first kappa shape index (κ1) is 20.1. The third-order valence-corrected chi connectivity index (χ3v) is 3.69. The molecular weight excluding hydrogens is 318 g/mol. The summed E-state index contributed by atoms with van der Waals surface area (Å²) < 4.78 is 9.92. The fraction of sp³-hybridized carbons (Fsp3) is 0.750. The van der Waals surface area contributed by atoms with E-state index in [1.807, 2.05) is 0 Å². The monoisotopic (exact) mass is 343 g/mol. The van der Waals surface area contributed by atoms with Crippen molar-refractivity contribution in [2.75, 3.05) is 20.3 Å². The van der Waals surface area contributed by atoms with Crippen LogP contribution in [0.4, 0.5) is 0 Å². The first-order chi connectivity index (χ1) is 11.0. The lowest BCUT2D eigenvalue weighted by atomic mass is 9.75. The summed E-state index contributed by atoms with van der Waals surface area (Å²) in [5, 5.41) is 0.508. The Hall–Kier alpha value is -1.96. The third-order valence-electron chi connectivity index (χ3n) is 3.69. The highest BCUT2D eigenvalue weighted by Crippen LogP contribution is 2.36. The highest BCUT2D eigenvalue weighted by Gasteiger charge is 2.43. The third kappa shape index (κ3) is 5.02. The van der Waals surface area contributed by atoms with Gasteiger partial charge in [-0.2, -0.15) is 0 Å². The number of carbonyl (C=O) groups is 4. The lowest BCUT2D eigenvalue weighted by Gasteiger charge is -2.32. The average Bonchev–Trinajstić information content (AvgIpc) is 2.78. The van der Waals surface area contributed by atoms with E-state index in [0.717, 1.165) is 0 Å². The van der Waals surface area contributed by atoms with E-state index in [0.29, 0.717) is 5.06 Å². The van der Waals surface area contributed by atoms with Gasteiger partial charge in [0.15, 0.2) is 0 Å². The minimum atomic E-state index is -1.09. The second kappa shape index (κ2) is 7.74. The van der Waals surface area contributed by atoms with E-state index in [2.05, 4.69) is 0 Å². The summed E-state index contributed by atoms with van der Waals surface area (Å²) in [4.78, 5) is 52.5. The van der Waals surface area contributed by atoms with Gasteiger partial charge in [-0.05, 0) is 34.1 Å². The van der Waals surface area contributed by atoms with Crippen LogP contribution in [0.5, 0.6) is 0 Å². The number of hydroxylamine groups is 2. The average molecular weight is 343 g/mol. The van der Waals surface area contributed by atoms with Crippen LogP contribution in [0.2, 0.25) is 0 Å². The zero-order valence-electron chi connectivity index (χ0n) is 14.8. The van der Waals surface area contributed by atoms with Crippen LogP contribution in [0.1, 0.15) is 47.0 Å². The number of imide groups is 1. The Balaban J connectivity index is 2.69. The number of rotatable bonds is 8. The molecule has 0 radical (unpaired) electrons. The molecule has 0 aromatic heterocycles. The van der Waals surface area contributed by atoms with Crippen molar-refractivity contribution >= 4 is 23.8 Å². The number of hydrogen-bond donors (Lipinski definition) is 0. The molecule has 0 aromatic rings. The molecule has 0 bridgehead atoms. The minimum Gasteiger partial charge on any atom is -0.463 e. The molecular formula is C16H25NO7. The molecule has 0 saturated carbocycles. The quantitative estimate of drug-likeness (QED) is 0.371. The Labute approximate surface area is 141 Å². The Morgan fingerprint density at radius 1 is 0.958 bits per heavy atom. The normalized spacial score (nSPS) is 15.6. The van der Waals surface area contributed by atoms with Crippen molar-refractivity contribution in [2.45, 2.75) is 47.0 Å². The molecule has 0 N–H and O–H groups in total. The number of amides is 2. The molecule has 1 saturated heterocycles. The molecule has 8 nitrogen and oxygen atoms in total. The van der Waals surface area contributed by atoms with Crippen molar-refractivity contribution in [1.82, 2.24) is 5.06 Å². The highest BCUT2D eigenvalue weighted by atomic mass is 16.7. The predicted octanol–water partition coefficient (Wildman–Crippen LogP) is 1.23. The van der Waals surface area contributed by atoms with E-state index in [1.165, 1.54) is 7.11 Å². The van der Waals surface area contributed by atoms with Crippen LogP contribution in [0, 0.1) is 10.8 Å². The van der Waals surface area contributed by atoms with Gasteiger partial charge in [0, 0.05) is 20.0 Å². The number of methoxy groups -OCH3 is 1. The van der Waals surface area contributed by atoms with Gasteiger partial charge in [0.1, 0.15) is 6.61 Å². The second-order valence-corrected chi connectivity index (χ2v) is 7.03. The second-order valence-electron chi connectivity index (χ2n) is 7.03. The van der Waals surface area contributed by atoms with Gasteiger partial charge >= 0.3 is 11.9 Å². The fourth-order valence-electron chi connectivity index (χ4n) is 2.53.